The van der Waals surface area contributed by atoms with Crippen molar-refractivity contribution in [2.45, 2.75) is 148 Å². The number of carbonyl (C=O) groups is 1. The van der Waals surface area contributed by atoms with Crippen LogP contribution in [-0.4, -0.2) is 25.0 Å². The normalized spacial score (nSPS) is 13.3. The van der Waals surface area contributed by atoms with Gasteiger partial charge in [-0.2, -0.15) is 0 Å². The van der Waals surface area contributed by atoms with Crippen LogP contribution in [0.2, 0.25) is 0 Å². The third-order valence-corrected chi connectivity index (χ3v) is 6.48. The molecule has 3 heteroatoms. The summed E-state index contributed by atoms with van der Waals surface area (Å²) in [7, 11) is 2.64. The van der Waals surface area contributed by atoms with Crippen molar-refractivity contribution in [2.75, 3.05) is 19.3 Å². The second-order valence-corrected chi connectivity index (χ2v) is 9.87. The molecular weight excluding hydrogens is 385 g/mol. The Bertz CT molecular complexity index is 323. The fourth-order valence-electron chi connectivity index (χ4n) is 4.13. The lowest BCUT2D eigenvalue weighted by molar-refractivity contribution is -0.118. The first-order valence-electron chi connectivity index (χ1n) is 13.7. The molecule has 0 radical (unpaired) electrons. The summed E-state index contributed by atoms with van der Waals surface area (Å²) in [5, 5.41) is 3.22. The highest BCUT2D eigenvalue weighted by atomic mass is 31.0. The molecule has 0 spiro atoms. The van der Waals surface area contributed by atoms with Gasteiger partial charge in [-0.15, -0.1) is 9.24 Å². The van der Waals surface area contributed by atoms with Crippen LogP contribution >= 0.6 is 9.24 Å². The van der Waals surface area contributed by atoms with E-state index in [1.54, 1.807) is 0 Å². The molecule has 1 N–H and O–H groups in total. The quantitative estimate of drug-likeness (QED) is 0.143. The summed E-state index contributed by atoms with van der Waals surface area (Å²) in [5.41, 5.74) is 0. The first-order valence-corrected chi connectivity index (χ1v) is 14.6. The summed E-state index contributed by atoms with van der Waals surface area (Å²) in [6.07, 6.45) is 30.5. The average molecular weight is 442 g/mol. The zero-order chi connectivity index (χ0) is 22.0. The largest absolute Gasteiger partial charge is 0.317 e. The molecule has 0 amide bonds. The van der Waals surface area contributed by atoms with Gasteiger partial charge >= 0.3 is 0 Å². The third-order valence-electron chi connectivity index (χ3n) is 6.19. The zero-order valence-electron chi connectivity index (χ0n) is 20.7. The number of hydrogen-bond acceptors (Lipinski definition) is 2. The van der Waals surface area contributed by atoms with Crippen molar-refractivity contribution in [3.05, 3.63) is 0 Å². The van der Waals surface area contributed by atoms with Crippen LogP contribution in [0.25, 0.3) is 0 Å². The summed E-state index contributed by atoms with van der Waals surface area (Å²) in [6, 6.07) is 0. The van der Waals surface area contributed by atoms with Gasteiger partial charge in [0.05, 0.1) is 0 Å². The van der Waals surface area contributed by atoms with Crippen LogP contribution in [-0.2, 0) is 4.79 Å². The van der Waals surface area contributed by atoms with Crippen LogP contribution in [0, 0.1) is 0 Å². The molecule has 1 atom stereocenters. The predicted molar refractivity (Wildman–Crippen MR) is 140 cm³/mol. The van der Waals surface area contributed by atoms with E-state index < -0.39 is 0 Å². The van der Waals surface area contributed by atoms with Gasteiger partial charge in [0, 0.05) is 12.8 Å². The van der Waals surface area contributed by atoms with E-state index in [1.807, 2.05) is 0 Å². The molecule has 1 rings (SSSR count). The van der Waals surface area contributed by atoms with Crippen molar-refractivity contribution >= 4 is 15.0 Å². The Labute approximate surface area is 192 Å². The average Bonchev–Trinajstić information content (AvgIpc) is 3.33. The monoisotopic (exact) mass is 441 g/mol. The highest BCUT2D eigenvalue weighted by molar-refractivity contribution is 7.16. The van der Waals surface area contributed by atoms with Crippen molar-refractivity contribution in [1.82, 2.24) is 5.32 Å². The molecule has 2 nitrogen and oxygen atoms in total. The molecule has 0 aromatic rings. The first kappa shape index (κ1) is 30.1. The number of Topliss-reactive ketones (excluding diaryl/α,β-unsaturated/α-hetero) is 1. The van der Waals surface area contributed by atoms with E-state index >= 15 is 0 Å². The third kappa shape index (κ3) is 26.1. The zero-order valence-corrected chi connectivity index (χ0v) is 21.8. The van der Waals surface area contributed by atoms with Crippen LogP contribution < -0.4 is 5.32 Å². The van der Waals surface area contributed by atoms with Gasteiger partial charge in [-0.1, -0.05) is 116 Å². The minimum absolute atomic E-state index is 0.450. The van der Waals surface area contributed by atoms with Crippen molar-refractivity contribution in [3.63, 3.8) is 0 Å². The SMILES string of the molecule is C1CCNC1.CCCCCCCCCCCCCCCCCCCCC(=O)CCP. The summed E-state index contributed by atoms with van der Waals surface area (Å²) >= 11 is 0. The van der Waals surface area contributed by atoms with Gasteiger partial charge in [0.15, 0.2) is 0 Å². The molecule has 1 unspecified atom stereocenters. The Morgan fingerprint density at radius 2 is 0.967 bits per heavy atom. The van der Waals surface area contributed by atoms with Gasteiger partial charge in [-0.3, -0.25) is 4.79 Å². The maximum Gasteiger partial charge on any atom is 0.133 e. The molecule has 30 heavy (non-hydrogen) atoms. The number of hydrogen-bond donors (Lipinski definition) is 1. The standard InChI is InChI=1S/C23H47OP.C4H9N/c1-2-3-4-5-6-7-8-9-10-11-12-13-14-15-16-17-18-19-20-23(24)21-22-25;1-2-4-5-3-1/h2-22,25H2,1H3;5H,1-4H2. The molecule has 0 bridgehead atoms. The Balaban J connectivity index is 0.00000145. The summed E-state index contributed by atoms with van der Waals surface area (Å²) in [6.45, 7) is 4.79. The van der Waals surface area contributed by atoms with E-state index in [4.69, 9.17) is 0 Å². The number of nitrogens with one attached hydrogen (secondary N) is 1. The van der Waals surface area contributed by atoms with Crippen LogP contribution in [0.15, 0.2) is 0 Å². The smallest absolute Gasteiger partial charge is 0.133 e. The lowest BCUT2D eigenvalue weighted by atomic mass is 10.0. The molecule has 0 aromatic heterocycles. The molecule has 0 aliphatic carbocycles. The van der Waals surface area contributed by atoms with E-state index in [9.17, 15) is 4.79 Å². The fraction of sp³-hybridized carbons (Fsp3) is 0.963. The number of rotatable bonds is 21. The minimum Gasteiger partial charge on any atom is -0.317 e. The highest BCUT2D eigenvalue weighted by Crippen LogP contribution is 2.14. The summed E-state index contributed by atoms with van der Waals surface area (Å²) in [4.78, 5) is 11.4. The van der Waals surface area contributed by atoms with Gasteiger partial charge in [0.25, 0.3) is 0 Å². The van der Waals surface area contributed by atoms with Crippen molar-refractivity contribution in [2.24, 2.45) is 0 Å². The Kier molecular flexibility index (Phi) is 27.1. The number of carbonyl (C=O) groups excluding carboxylic acids is 1. The van der Waals surface area contributed by atoms with Gasteiger partial charge in [0.1, 0.15) is 5.78 Å². The molecule has 0 aromatic carbocycles. The second kappa shape index (κ2) is 27.1. The Hall–Kier alpha value is 0.0600. The Morgan fingerprint density at radius 1 is 0.600 bits per heavy atom. The maximum absolute atomic E-state index is 11.4. The van der Waals surface area contributed by atoms with Gasteiger partial charge in [-0.05, 0) is 38.5 Å². The van der Waals surface area contributed by atoms with Crippen LogP contribution in [0.4, 0.5) is 0 Å². The first-order chi connectivity index (χ1) is 14.8. The minimum atomic E-state index is 0.450. The topological polar surface area (TPSA) is 29.1 Å². The van der Waals surface area contributed by atoms with Crippen molar-refractivity contribution in [3.8, 4) is 0 Å². The molecule has 1 fully saturated rings. The summed E-state index contributed by atoms with van der Waals surface area (Å²) < 4.78 is 0. The lowest BCUT2D eigenvalue weighted by Crippen LogP contribution is -2.03. The molecule has 1 aliphatic rings. The van der Waals surface area contributed by atoms with Crippen molar-refractivity contribution in [1.29, 1.82) is 0 Å². The Morgan fingerprint density at radius 3 is 1.27 bits per heavy atom. The number of ketones is 1. The lowest BCUT2D eigenvalue weighted by Gasteiger charge is -2.04. The van der Waals surface area contributed by atoms with E-state index in [0.29, 0.717) is 5.78 Å². The van der Waals surface area contributed by atoms with Gasteiger partial charge < -0.3 is 5.32 Å². The summed E-state index contributed by atoms with van der Waals surface area (Å²) in [5.74, 6) is 0.450. The van der Waals surface area contributed by atoms with Crippen LogP contribution in [0.3, 0.4) is 0 Å². The molecule has 1 aliphatic heterocycles. The maximum atomic E-state index is 11.4. The molecular formula is C27H56NOP. The van der Waals surface area contributed by atoms with Gasteiger partial charge in [0.2, 0.25) is 0 Å². The predicted octanol–water partition coefficient (Wildman–Crippen LogP) is 8.62. The van der Waals surface area contributed by atoms with E-state index in [0.717, 1.165) is 25.4 Å². The van der Waals surface area contributed by atoms with Crippen LogP contribution in [0.1, 0.15) is 148 Å². The van der Waals surface area contributed by atoms with E-state index in [1.165, 1.54) is 135 Å². The van der Waals surface area contributed by atoms with Gasteiger partial charge in [-0.25, -0.2) is 0 Å². The fourth-order valence-corrected chi connectivity index (χ4v) is 4.46. The molecule has 0 saturated carbocycles. The molecule has 180 valence electrons. The number of unbranched alkanes of at least 4 members (excludes halogenated alkanes) is 17. The van der Waals surface area contributed by atoms with E-state index in [-0.39, 0.29) is 0 Å². The molecule has 1 heterocycles. The van der Waals surface area contributed by atoms with Crippen molar-refractivity contribution < 1.29 is 4.79 Å². The second-order valence-electron chi connectivity index (χ2n) is 9.29. The molecule has 1 saturated heterocycles. The van der Waals surface area contributed by atoms with Crippen LogP contribution in [0.5, 0.6) is 0 Å². The highest BCUT2D eigenvalue weighted by Gasteiger charge is 2.00. The van der Waals surface area contributed by atoms with E-state index in [2.05, 4.69) is 21.5 Å².